The van der Waals surface area contributed by atoms with Crippen molar-refractivity contribution in [3.63, 3.8) is 0 Å². The summed E-state index contributed by atoms with van der Waals surface area (Å²) < 4.78 is 8.18. The second kappa shape index (κ2) is 6.82. The van der Waals surface area contributed by atoms with Gasteiger partial charge < -0.3 is 14.6 Å². The molecule has 2 aromatic heterocycles. The van der Waals surface area contributed by atoms with Gasteiger partial charge in [0.25, 0.3) is 11.5 Å². The summed E-state index contributed by atoms with van der Waals surface area (Å²) in [6, 6.07) is 0. The van der Waals surface area contributed by atoms with Gasteiger partial charge in [-0.25, -0.2) is 9.78 Å². The molecule has 0 saturated carbocycles. The van der Waals surface area contributed by atoms with Gasteiger partial charge in [0.15, 0.2) is 17.8 Å². The Bertz CT molecular complexity index is 959. The Morgan fingerprint density at radius 3 is 2.71 bits per heavy atom. The number of amides is 1. The number of esters is 1. The number of aromatic nitrogens is 4. The third kappa shape index (κ3) is 3.19. The number of fused-ring (bicyclic) bond motifs is 1. The number of ether oxygens (including phenoxy) is 1. The third-order valence-corrected chi connectivity index (χ3v) is 3.27. The van der Waals surface area contributed by atoms with E-state index in [1.807, 2.05) is 0 Å². The molecule has 0 saturated heterocycles. The van der Waals surface area contributed by atoms with Crippen molar-refractivity contribution >= 4 is 23.0 Å². The smallest absolute Gasteiger partial charge is 0.332 e. The van der Waals surface area contributed by atoms with E-state index in [0.29, 0.717) is 0 Å². The minimum atomic E-state index is -0.735. The summed E-state index contributed by atoms with van der Waals surface area (Å²) in [4.78, 5) is 51.1. The summed E-state index contributed by atoms with van der Waals surface area (Å²) in [5.74, 6) is 0.947. The summed E-state index contributed by atoms with van der Waals surface area (Å²) in [5, 5.41) is 2.34. The number of carbonyl (C=O) groups is 2. The van der Waals surface area contributed by atoms with Crippen LogP contribution in [-0.2, 0) is 35.0 Å². The Kier molecular flexibility index (Phi) is 4.84. The average Bonchev–Trinajstić information content (AvgIpc) is 2.98. The van der Waals surface area contributed by atoms with Gasteiger partial charge in [-0.2, -0.15) is 0 Å². The predicted molar refractivity (Wildman–Crippen MR) is 83.0 cm³/mol. The molecule has 0 unspecified atom stereocenters. The maximum atomic E-state index is 12.2. The molecule has 0 fully saturated rings. The van der Waals surface area contributed by atoms with Crippen molar-refractivity contribution in [2.24, 2.45) is 14.1 Å². The zero-order valence-corrected chi connectivity index (χ0v) is 13.1. The third-order valence-electron chi connectivity index (χ3n) is 3.27. The van der Waals surface area contributed by atoms with Crippen molar-refractivity contribution in [2.45, 2.75) is 6.54 Å². The molecule has 24 heavy (non-hydrogen) atoms. The number of hydrogen-bond acceptors (Lipinski definition) is 6. The molecule has 10 heteroatoms. The first-order valence-corrected chi connectivity index (χ1v) is 6.83. The molecule has 2 rings (SSSR count). The van der Waals surface area contributed by atoms with Crippen LogP contribution in [0.15, 0.2) is 15.9 Å². The molecule has 0 aliphatic rings. The Balaban J connectivity index is 2.18. The van der Waals surface area contributed by atoms with Crippen LogP contribution < -0.4 is 16.6 Å². The minimum Gasteiger partial charge on any atom is -0.454 e. The summed E-state index contributed by atoms with van der Waals surface area (Å²) in [6.07, 6.45) is 6.24. The summed E-state index contributed by atoms with van der Waals surface area (Å²) in [6.45, 7) is -0.775. The van der Waals surface area contributed by atoms with Gasteiger partial charge in [-0.05, 0) is 0 Å². The van der Waals surface area contributed by atoms with E-state index in [1.165, 1.54) is 29.6 Å². The van der Waals surface area contributed by atoms with Crippen molar-refractivity contribution < 1.29 is 14.3 Å². The SMILES string of the molecule is C#CCNC(=O)COC(=O)Cn1cnc2c1c(=O)n(C)c(=O)n2C. The molecular weight excluding hydrogens is 318 g/mol. The number of hydrogen-bond donors (Lipinski definition) is 1. The first kappa shape index (κ1) is 17.0. The maximum absolute atomic E-state index is 12.2. The van der Waals surface area contributed by atoms with Gasteiger partial charge in [0, 0.05) is 14.1 Å². The number of terminal acetylenes is 1. The van der Waals surface area contributed by atoms with E-state index in [0.717, 1.165) is 4.57 Å². The fourth-order valence-corrected chi connectivity index (χ4v) is 2.05. The molecule has 0 spiro atoms. The van der Waals surface area contributed by atoms with Crippen LogP contribution in [0.4, 0.5) is 0 Å². The van der Waals surface area contributed by atoms with Gasteiger partial charge in [-0.3, -0.25) is 23.5 Å². The van der Waals surface area contributed by atoms with E-state index in [4.69, 9.17) is 11.2 Å². The highest BCUT2D eigenvalue weighted by Gasteiger charge is 2.16. The van der Waals surface area contributed by atoms with Crippen molar-refractivity contribution in [1.82, 2.24) is 24.0 Å². The topological polar surface area (TPSA) is 117 Å². The van der Waals surface area contributed by atoms with Gasteiger partial charge in [-0.15, -0.1) is 6.42 Å². The van der Waals surface area contributed by atoms with Gasteiger partial charge in [0.1, 0.15) is 6.54 Å². The Morgan fingerprint density at radius 1 is 1.33 bits per heavy atom. The van der Waals surface area contributed by atoms with Crippen molar-refractivity contribution in [1.29, 1.82) is 0 Å². The summed E-state index contributed by atoms with van der Waals surface area (Å²) in [5.41, 5.74) is -0.855. The summed E-state index contributed by atoms with van der Waals surface area (Å²) in [7, 11) is 2.80. The van der Waals surface area contributed by atoms with Crippen LogP contribution in [0.5, 0.6) is 0 Å². The average molecular weight is 333 g/mol. The normalized spacial score (nSPS) is 10.4. The molecule has 1 amide bonds. The Hall–Kier alpha value is -3.35. The Morgan fingerprint density at radius 2 is 2.04 bits per heavy atom. The Labute approximate surface area is 135 Å². The minimum absolute atomic E-state index is 0.0343. The molecule has 1 N–H and O–H groups in total. The van der Waals surface area contributed by atoms with Gasteiger partial charge in [-0.1, -0.05) is 5.92 Å². The van der Waals surface area contributed by atoms with Crippen molar-refractivity contribution in [2.75, 3.05) is 13.2 Å². The molecule has 0 aliphatic carbocycles. The quantitative estimate of drug-likeness (QED) is 0.487. The number of imidazole rings is 1. The van der Waals surface area contributed by atoms with Crippen LogP contribution in [-0.4, -0.2) is 43.7 Å². The maximum Gasteiger partial charge on any atom is 0.332 e. The van der Waals surface area contributed by atoms with Gasteiger partial charge in [0.05, 0.1) is 12.9 Å². The molecule has 10 nitrogen and oxygen atoms in total. The second-order valence-corrected chi connectivity index (χ2v) is 4.89. The standard InChI is InChI=1S/C14H15N5O5/c1-4-5-15-9(20)7-24-10(21)6-19-8-16-12-11(19)13(22)18(3)14(23)17(12)2/h1,8H,5-7H2,2-3H3,(H,15,20). The highest BCUT2D eigenvalue weighted by Crippen LogP contribution is 2.05. The fraction of sp³-hybridized carbons (Fsp3) is 0.357. The zero-order chi connectivity index (χ0) is 17.9. The van der Waals surface area contributed by atoms with Crippen LogP contribution in [0.1, 0.15) is 0 Å². The van der Waals surface area contributed by atoms with E-state index in [2.05, 4.69) is 16.2 Å². The first-order valence-electron chi connectivity index (χ1n) is 6.83. The van der Waals surface area contributed by atoms with E-state index in [-0.39, 0.29) is 24.3 Å². The summed E-state index contributed by atoms with van der Waals surface area (Å²) >= 11 is 0. The number of nitrogens with one attached hydrogen (secondary N) is 1. The van der Waals surface area contributed by atoms with Crippen molar-refractivity contribution in [3.05, 3.63) is 27.2 Å². The first-order chi connectivity index (χ1) is 11.4. The monoisotopic (exact) mass is 333 g/mol. The van der Waals surface area contributed by atoms with Crippen LogP contribution in [0.3, 0.4) is 0 Å². The van der Waals surface area contributed by atoms with Gasteiger partial charge >= 0.3 is 11.7 Å². The predicted octanol–water partition coefficient (Wildman–Crippen LogP) is -2.27. The highest BCUT2D eigenvalue weighted by molar-refractivity contribution is 5.81. The largest absolute Gasteiger partial charge is 0.454 e. The molecule has 0 bridgehead atoms. The molecule has 2 heterocycles. The second-order valence-electron chi connectivity index (χ2n) is 4.89. The number of carbonyl (C=O) groups excluding carboxylic acids is 2. The lowest BCUT2D eigenvalue weighted by Gasteiger charge is -2.07. The molecule has 0 aliphatic heterocycles. The highest BCUT2D eigenvalue weighted by atomic mass is 16.5. The van der Waals surface area contributed by atoms with E-state index in [1.54, 1.807) is 0 Å². The number of nitrogens with zero attached hydrogens (tertiary/aromatic N) is 4. The van der Waals surface area contributed by atoms with Crippen LogP contribution >= 0.6 is 0 Å². The van der Waals surface area contributed by atoms with E-state index >= 15 is 0 Å². The molecular formula is C14H15N5O5. The van der Waals surface area contributed by atoms with Gasteiger partial charge in [0.2, 0.25) is 0 Å². The lowest BCUT2D eigenvalue weighted by molar-refractivity contribution is -0.149. The van der Waals surface area contributed by atoms with E-state index < -0.39 is 29.7 Å². The number of rotatable bonds is 5. The molecule has 0 aromatic carbocycles. The molecule has 2 aromatic rings. The van der Waals surface area contributed by atoms with Crippen molar-refractivity contribution in [3.8, 4) is 12.3 Å². The van der Waals surface area contributed by atoms with Crippen LogP contribution in [0.2, 0.25) is 0 Å². The lowest BCUT2D eigenvalue weighted by atomic mass is 10.5. The van der Waals surface area contributed by atoms with Crippen LogP contribution in [0.25, 0.3) is 11.2 Å². The molecule has 126 valence electrons. The fourth-order valence-electron chi connectivity index (χ4n) is 2.05. The van der Waals surface area contributed by atoms with Crippen LogP contribution in [0, 0.1) is 12.3 Å². The lowest BCUT2D eigenvalue weighted by Crippen LogP contribution is -2.37. The number of aryl methyl sites for hydroxylation is 1. The van der Waals surface area contributed by atoms with E-state index in [9.17, 15) is 19.2 Å². The molecule has 0 atom stereocenters. The zero-order valence-electron chi connectivity index (χ0n) is 13.1. The molecule has 0 radical (unpaired) electrons.